The molecule has 0 atom stereocenters. The van der Waals surface area contributed by atoms with Crippen molar-refractivity contribution in [3.63, 3.8) is 0 Å². The number of nitrogens with one attached hydrogen (secondary N) is 1. The van der Waals surface area contributed by atoms with E-state index in [4.69, 9.17) is 0 Å². The van der Waals surface area contributed by atoms with Gasteiger partial charge in [-0.1, -0.05) is 42.1 Å². The quantitative estimate of drug-likeness (QED) is 0.816. The minimum Gasteiger partial charge on any atom is -0.358 e. The molecule has 0 unspecified atom stereocenters. The predicted molar refractivity (Wildman–Crippen MR) is 57.3 cm³/mol. The van der Waals surface area contributed by atoms with Crippen LogP contribution in [0.15, 0.2) is 30.3 Å². The van der Waals surface area contributed by atoms with E-state index in [0.717, 1.165) is 11.8 Å². The fraction of sp³-hybridized carbons (Fsp3) is 0.200. The number of benzene rings is 1. The molecule has 74 valence electrons. The Kier molecular flexibility index (Phi) is 4.19. The zero-order chi connectivity index (χ0) is 10.4. The maximum absolute atomic E-state index is 11.4. The summed E-state index contributed by atoms with van der Waals surface area (Å²) in [6, 6.07) is 8.92. The Balaban J connectivity index is 2.48. The molecular formula is C10H11NO2S. The lowest BCUT2D eigenvalue weighted by Gasteiger charge is -1.99. The van der Waals surface area contributed by atoms with Crippen molar-refractivity contribution >= 4 is 22.8 Å². The zero-order valence-corrected chi connectivity index (χ0v) is 8.64. The molecule has 0 aromatic heterocycles. The van der Waals surface area contributed by atoms with E-state index in [2.05, 4.69) is 5.32 Å². The largest absolute Gasteiger partial charge is 0.358 e. The van der Waals surface area contributed by atoms with Crippen LogP contribution >= 0.6 is 11.8 Å². The second-order valence-electron chi connectivity index (χ2n) is 2.62. The average Bonchev–Trinajstić information content (AvgIpc) is 2.26. The van der Waals surface area contributed by atoms with Crippen molar-refractivity contribution in [3.05, 3.63) is 35.9 Å². The number of carbonyl (C=O) groups is 2. The van der Waals surface area contributed by atoms with Gasteiger partial charge in [0, 0.05) is 12.6 Å². The lowest BCUT2D eigenvalue weighted by Crippen LogP contribution is -2.20. The third-order valence-electron chi connectivity index (χ3n) is 1.62. The molecule has 0 radical (unpaired) electrons. The minimum atomic E-state index is -0.140. The van der Waals surface area contributed by atoms with Crippen LogP contribution < -0.4 is 5.32 Å². The van der Waals surface area contributed by atoms with Crippen molar-refractivity contribution in [2.75, 3.05) is 12.8 Å². The highest BCUT2D eigenvalue weighted by Gasteiger charge is 2.07. The first kappa shape index (κ1) is 10.8. The van der Waals surface area contributed by atoms with Crippen LogP contribution in [0.2, 0.25) is 0 Å². The number of thioether (sulfide) groups is 1. The molecule has 0 fully saturated rings. The highest BCUT2D eigenvalue weighted by atomic mass is 32.2. The summed E-state index contributed by atoms with van der Waals surface area (Å²) in [5.74, 6) is 0.0313. The van der Waals surface area contributed by atoms with Crippen LogP contribution in [-0.4, -0.2) is 23.8 Å². The molecular weight excluding hydrogens is 198 g/mol. The maximum Gasteiger partial charge on any atom is 0.230 e. The Morgan fingerprint density at radius 3 is 2.50 bits per heavy atom. The SMILES string of the molecule is CNC(=O)CSC(=O)c1ccccc1. The summed E-state index contributed by atoms with van der Waals surface area (Å²) in [6.07, 6.45) is 0. The van der Waals surface area contributed by atoms with E-state index < -0.39 is 0 Å². The highest BCUT2D eigenvalue weighted by Crippen LogP contribution is 2.11. The molecule has 1 N–H and O–H groups in total. The molecule has 1 aromatic rings. The number of rotatable bonds is 3. The number of hydrogen-bond acceptors (Lipinski definition) is 3. The van der Waals surface area contributed by atoms with Crippen molar-refractivity contribution in [2.45, 2.75) is 0 Å². The molecule has 14 heavy (non-hydrogen) atoms. The smallest absolute Gasteiger partial charge is 0.230 e. The summed E-state index contributed by atoms with van der Waals surface area (Å²) in [4.78, 5) is 22.3. The van der Waals surface area contributed by atoms with E-state index in [0.29, 0.717) is 5.56 Å². The van der Waals surface area contributed by atoms with E-state index >= 15 is 0 Å². The van der Waals surface area contributed by atoms with E-state index in [9.17, 15) is 9.59 Å². The zero-order valence-electron chi connectivity index (χ0n) is 7.82. The number of amides is 1. The van der Waals surface area contributed by atoms with E-state index in [-0.39, 0.29) is 16.8 Å². The third kappa shape index (κ3) is 3.22. The van der Waals surface area contributed by atoms with Crippen LogP contribution in [0.4, 0.5) is 0 Å². The molecule has 1 amide bonds. The topological polar surface area (TPSA) is 46.2 Å². The number of hydrogen-bond donors (Lipinski definition) is 1. The predicted octanol–water partition coefficient (Wildman–Crippen LogP) is 1.31. The lowest BCUT2D eigenvalue weighted by molar-refractivity contribution is -0.118. The molecule has 0 aliphatic carbocycles. The Morgan fingerprint density at radius 2 is 1.93 bits per heavy atom. The number of carbonyl (C=O) groups excluding carboxylic acids is 2. The van der Waals surface area contributed by atoms with Gasteiger partial charge < -0.3 is 5.32 Å². The first-order valence-electron chi connectivity index (χ1n) is 4.17. The molecule has 0 spiro atoms. The molecule has 3 nitrogen and oxygen atoms in total. The van der Waals surface area contributed by atoms with Crippen molar-refractivity contribution < 1.29 is 9.59 Å². The van der Waals surface area contributed by atoms with Gasteiger partial charge in [0.25, 0.3) is 0 Å². The highest BCUT2D eigenvalue weighted by molar-refractivity contribution is 8.14. The second kappa shape index (κ2) is 5.44. The van der Waals surface area contributed by atoms with Gasteiger partial charge in [-0.2, -0.15) is 0 Å². The fourth-order valence-electron chi connectivity index (χ4n) is 0.861. The van der Waals surface area contributed by atoms with Gasteiger partial charge in [-0.15, -0.1) is 0 Å². The molecule has 0 bridgehead atoms. The maximum atomic E-state index is 11.4. The molecule has 4 heteroatoms. The van der Waals surface area contributed by atoms with E-state index in [1.54, 1.807) is 31.3 Å². The summed E-state index contributed by atoms with van der Waals surface area (Å²) in [5, 5.41) is 2.38. The van der Waals surface area contributed by atoms with Crippen LogP contribution in [0.25, 0.3) is 0 Å². The fourth-order valence-corrected chi connectivity index (χ4v) is 1.57. The Morgan fingerprint density at radius 1 is 1.29 bits per heavy atom. The second-order valence-corrected chi connectivity index (χ2v) is 3.56. The molecule has 0 saturated carbocycles. The van der Waals surface area contributed by atoms with Gasteiger partial charge in [0.05, 0.1) is 5.75 Å². The molecule has 0 aliphatic rings. The van der Waals surface area contributed by atoms with Crippen LogP contribution in [0, 0.1) is 0 Å². The lowest BCUT2D eigenvalue weighted by atomic mass is 10.2. The van der Waals surface area contributed by atoms with Gasteiger partial charge in [0.2, 0.25) is 11.0 Å². The molecule has 0 aliphatic heterocycles. The van der Waals surface area contributed by atoms with Gasteiger partial charge in [-0.3, -0.25) is 9.59 Å². The normalized spacial score (nSPS) is 9.50. The summed E-state index contributed by atoms with van der Waals surface area (Å²) >= 11 is 1.01. The van der Waals surface area contributed by atoms with Gasteiger partial charge in [0.1, 0.15) is 0 Å². The molecule has 0 saturated heterocycles. The molecule has 1 aromatic carbocycles. The van der Waals surface area contributed by atoms with Crippen molar-refractivity contribution in [1.29, 1.82) is 0 Å². The van der Waals surface area contributed by atoms with Crippen LogP contribution in [0.1, 0.15) is 10.4 Å². The summed E-state index contributed by atoms with van der Waals surface area (Å²) in [6.45, 7) is 0. The first-order valence-corrected chi connectivity index (χ1v) is 5.15. The summed E-state index contributed by atoms with van der Waals surface area (Å²) in [7, 11) is 1.55. The van der Waals surface area contributed by atoms with Gasteiger partial charge in [-0.25, -0.2) is 0 Å². The van der Waals surface area contributed by atoms with Gasteiger partial charge in [0.15, 0.2) is 0 Å². The third-order valence-corrected chi connectivity index (χ3v) is 2.53. The monoisotopic (exact) mass is 209 g/mol. The minimum absolute atomic E-state index is 0.0748. The Labute approximate surface area is 86.9 Å². The van der Waals surface area contributed by atoms with Gasteiger partial charge >= 0.3 is 0 Å². The molecule has 1 rings (SSSR count). The molecule has 0 heterocycles. The van der Waals surface area contributed by atoms with Crippen molar-refractivity contribution in [3.8, 4) is 0 Å². The van der Waals surface area contributed by atoms with Crippen molar-refractivity contribution in [2.24, 2.45) is 0 Å². The van der Waals surface area contributed by atoms with E-state index in [1.165, 1.54) is 0 Å². The Bertz CT molecular complexity index is 324. The van der Waals surface area contributed by atoms with Crippen LogP contribution in [0.3, 0.4) is 0 Å². The van der Waals surface area contributed by atoms with Crippen molar-refractivity contribution in [1.82, 2.24) is 5.32 Å². The average molecular weight is 209 g/mol. The van der Waals surface area contributed by atoms with Crippen LogP contribution in [-0.2, 0) is 4.79 Å². The summed E-state index contributed by atoms with van der Waals surface area (Å²) in [5.41, 5.74) is 0.626. The first-order chi connectivity index (χ1) is 6.74. The van der Waals surface area contributed by atoms with Crippen LogP contribution in [0.5, 0.6) is 0 Å². The Hall–Kier alpha value is -1.29. The standard InChI is InChI=1S/C10H11NO2S/c1-11-9(12)7-14-10(13)8-5-3-2-4-6-8/h2-6H,7H2,1H3,(H,11,12). The van der Waals surface area contributed by atoms with Gasteiger partial charge in [-0.05, 0) is 0 Å². The van der Waals surface area contributed by atoms with E-state index in [1.807, 2.05) is 6.07 Å². The summed E-state index contributed by atoms with van der Waals surface area (Å²) < 4.78 is 0.